The Bertz CT molecular complexity index is 397. The van der Waals surface area contributed by atoms with Crippen LogP contribution in [0, 0.1) is 0 Å². The second-order valence-corrected chi connectivity index (χ2v) is 7.36. The van der Waals surface area contributed by atoms with Gasteiger partial charge in [0.15, 0.2) is 0 Å². The van der Waals surface area contributed by atoms with E-state index in [1.165, 1.54) is 0 Å². The molecule has 2 rings (SSSR count). The molecule has 1 saturated heterocycles. The highest BCUT2D eigenvalue weighted by Crippen LogP contribution is 2.43. The van der Waals surface area contributed by atoms with Gasteiger partial charge >= 0.3 is 0 Å². The molecule has 3 nitrogen and oxygen atoms in total. The second-order valence-electron chi connectivity index (χ2n) is 4.36. The van der Waals surface area contributed by atoms with Crippen molar-refractivity contribution in [3.05, 3.63) is 17.6 Å². The van der Waals surface area contributed by atoms with E-state index < -0.39 is 0 Å². The van der Waals surface area contributed by atoms with Gasteiger partial charge < -0.3 is 5.73 Å². The maximum Gasteiger partial charge on any atom is 0.144 e. The maximum absolute atomic E-state index is 5.84. The second kappa shape index (κ2) is 5.48. The van der Waals surface area contributed by atoms with Gasteiger partial charge in [-0.2, -0.15) is 11.8 Å². The number of rotatable bonds is 2. The fraction of sp³-hybridized carbons (Fsp3) is 0.667. The quantitative estimate of drug-likeness (QED) is 0.894. The molecule has 0 aliphatic carbocycles. The zero-order chi connectivity index (χ0) is 12.4. The summed E-state index contributed by atoms with van der Waals surface area (Å²) < 4.78 is 0. The van der Waals surface area contributed by atoms with Crippen molar-refractivity contribution in [2.75, 3.05) is 11.5 Å². The number of nitrogens with two attached hydrogens (primary N) is 1. The normalized spacial score (nSPS) is 29.2. The third-order valence-corrected chi connectivity index (χ3v) is 6.40. The van der Waals surface area contributed by atoms with E-state index in [9.17, 15) is 0 Å². The van der Waals surface area contributed by atoms with Crippen molar-refractivity contribution in [2.24, 2.45) is 0 Å². The molecule has 2 N–H and O–H groups in total. The van der Waals surface area contributed by atoms with Gasteiger partial charge in [0.2, 0.25) is 0 Å². The summed E-state index contributed by atoms with van der Waals surface area (Å²) >= 11 is 3.98. The van der Waals surface area contributed by atoms with Crippen LogP contribution in [-0.2, 0) is 6.42 Å². The molecule has 0 aromatic carbocycles. The molecule has 94 valence electrons. The number of anilines is 1. The summed E-state index contributed by atoms with van der Waals surface area (Å²) in [6.07, 6.45) is 0.913. The van der Waals surface area contributed by atoms with Crippen LogP contribution in [-0.4, -0.2) is 26.2 Å². The molecule has 0 amide bonds. The molecular weight excluding hydrogens is 250 g/mol. The van der Waals surface area contributed by atoms with Crippen molar-refractivity contribution in [3.63, 3.8) is 0 Å². The molecule has 17 heavy (non-hydrogen) atoms. The van der Waals surface area contributed by atoms with E-state index in [1.54, 1.807) is 0 Å². The highest BCUT2D eigenvalue weighted by molar-refractivity contribution is 8.07. The highest BCUT2D eigenvalue weighted by atomic mass is 32.2. The van der Waals surface area contributed by atoms with Crippen LogP contribution in [0.5, 0.6) is 0 Å². The van der Waals surface area contributed by atoms with Gasteiger partial charge in [-0.15, -0.1) is 11.8 Å². The molecule has 3 atom stereocenters. The van der Waals surface area contributed by atoms with Gasteiger partial charge in [0.25, 0.3) is 0 Å². The van der Waals surface area contributed by atoms with Crippen LogP contribution in [0.2, 0.25) is 0 Å². The minimum Gasteiger partial charge on any atom is -0.384 e. The number of hydrogen-bond acceptors (Lipinski definition) is 5. The van der Waals surface area contributed by atoms with Crippen molar-refractivity contribution in [2.45, 2.75) is 42.9 Å². The lowest BCUT2D eigenvalue weighted by atomic mass is 10.3. The maximum atomic E-state index is 5.84. The zero-order valence-electron chi connectivity index (χ0n) is 10.5. The van der Waals surface area contributed by atoms with E-state index >= 15 is 0 Å². The minimum atomic E-state index is 0.389. The Kier molecular flexibility index (Phi) is 4.20. The summed E-state index contributed by atoms with van der Waals surface area (Å²) in [5.74, 6) is 2.60. The smallest absolute Gasteiger partial charge is 0.144 e. The Morgan fingerprint density at radius 2 is 2.12 bits per heavy atom. The summed E-state index contributed by atoms with van der Waals surface area (Å²) in [5, 5.41) is 1.75. The molecule has 0 radical (unpaired) electrons. The van der Waals surface area contributed by atoms with Crippen molar-refractivity contribution < 1.29 is 0 Å². The monoisotopic (exact) mass is 269 g/mol. The van der Waals surface area contributed by atoms with E-state index in [2.05, 4.69) is 30.7 Å². The Morgan fingerprint density at radius 3 is 2.76 bits per heavy atom. The standard InChI is InChI=1S/C12H19N3S2/c1-4-9-5-11(13)15-12(14-9)10-6-16-7(2)8(3)17-10/h5,7-8,10H,4,6H2,1-3H3,(H2,13,14,15). The number of thioether (sulfide) groups is 2. The number of aryl methyl sites for hydroxylation is 1. The van der Waals surface area contributed by atoms with E-state index in [0.29, 0.717) is 21.6 Å². The number of nitrogens with zero attached hydrogens (tertiary/aromatic N) is 2. The molecule has 3 unspecified atom stereocenters. The lowest BCUT2D eigenvalue weighted by molar-refractivity contribution is 0.844. The van der Waals surface area contributed by atoms with Gasteiger partial charge in [-0.25, -0.2) is 9.97 Å². The molecule has 0 saturated carbocycles. The molecule has 2 heterocycles. The molecule has 0 spiro atoms. The molecule has 1 fully saturated rings. The lowest BCUT2D eigenvalue weighted by Crippen LogP contribution is -2.23. The summed E-state index contributed by atoms with van der Waals surface area (Å²) in [6, 6.07) is 1.87. The zero-order valence-corrected chi connectivity index (χ0v) is 12.1. The van der Waals surface area contributed by atoms with Gasteiger partial charge in [0, 0.05) is 28.0 Å². The first-order valence-corrected chi connectivity index (χ1v) is 7.99. The highest BCUT2D eigenvalue weighted by Gasteiger charge is 2.28. The van der Waals surface area contributed by atoms with Crippen LogP contribution in [0.15, 0.2) is 6.07 Å². The van der Waals surface area contributed by atoms with Crippen molar-refractivity contribution in [1.29, 1.82) is 0 Å². The Balaban J connectivity index is 2.19. The molecular formula is C12H19N3S2. The van der Waals surface area contributed by atoms with Crippen LogP contribution in [0.3, 0.4) is 0 Å². The predicted octanol–water partition coefficient (Wildman–Crippen LogP) is 2.92. The third kappa shape index (κ3) is 3.07. The van der Waals surface area contributed by atoms with E-state index in [-0.39, 0.29) is 0 Å². The largest absolute Gasteiger partial charge is 0.384 e. The Morgan fingerprint density at radius 1 is 1.35 bits per heavy atom. The molecule has 1 aromatic heterocycles. The minimum absolute atomic E-state index is 0.389. The predicted molar refractivity (Wildman–Crippen MR) is 77.5 cm³/mol. The van der Waals surface area contributed by atoms with Crippen molar-refractivity contribution >= 4 is 29.3 Å². The first-order valence-electron chi connectivity index (χ1n) is 6.00. The number of nitrogen functional groups attached to an aromatic ring is 1. The number of aromatic nitrogens is 2. The Hall–Kier alpha value is -0.420. The van der Waals surface area contributed by atoms with Gasteiger partial charge in [0.1, 0.15) is 11.6 Å². The van der Waals surface area contributed by atoms with Gasteiger partial charge in [-0.1, -0.05) is 20.8 Å². The first-order chi connectivity index (χ1) is 8.10. The lowest BCUT2D eigenvalue weighted by Gasteiger charge is -2.30. The molecule has 0 bridgehead atoms. The van der Waals surface area contributed by atoms with Gasteiger partial charge in [-0.05, 0) is 6.42 Å². The van der Waals surface area contributed by atoms with E-state index in [1.807, 2.05) is 29.6 Å². The van der Waals surface area contributed by atoms with Crippen LogP contribution in [0.1, 0.15) is 37.5 Å². The first kappa shape index (κ1) is 13.0. The van der Waals surface area contributed by atoms with Crippen molar-refractivity contribution in [3.8, 4) is 0 Å². The average molecular weight is 269 g/mol. The summed E-state index contributed by atoms with van der Waals surface area (Å²) in [6.45, 7) is 6.66. The van der Waals surface area contributed by atoms with Crippen LogP contribution in [0.4, 0.5) is 5.82 Å². The van der Waals surface area contributed by atoms with Crippen LogP contribution < -0.4 is 5.73 Å². The number of hydrogen-bond donors (Lipinski definition) is 1. The summed E-state index contributed by atoms with van der Waals surface area (Å²) in [7, 11) is 0. The van der Waals surface area contributed by atoms with E-state index in [0.717, 1.165) is 23.7 Å². The summed E-state index contributed by atoms with van der Waals surface area (Å²) in [4.78, 5) is 9.01. The molecule has 1 aliphatic heterocycles. The Labute approximate surface area is 111 Å². The molecule has 1 aliphatic rings. The molecule has 5 heteroatoms. The topological polar surface area (TPSA) is 51.8 Å². The van der Waals surface area contributed by atoms with Crippen LogP contribution >= 0.6 is 23.5 Å². The van der Waals surface area contributed by atoms with E-state index in [4.69, 9.17) is 5.73 Å². The molecule has 1 aromatic rings. The third-order valence-electron chi connectivity index (χ3n) is 3.02. The van der Waals surface area contributed by atoms with Crippen LogP contribution in [0.25, 0.3) is 0 Å². The van der Waals surface area contributed by atoms with Gasteiger partial charge in [0.05, 0.1) is 5.25 Å². The summed E-state index contributed by atoms with van der Waals surface area (Å²) in [5.41, 5.74) is 6.88. The fourth-order valence-electron chi connectivity index (χ4n) is 1.78. The SMILES string of the molecule is CCc1cc(N)nc(C2CSC(C)C(C)S2)n1. The fourth-order valence-corrected chi connectivity index (χ4v) is 4.63. The average Bonchev–Trinajstić information content (AvgIpc) is 2.32. The van der Waals surface area contributed by atoms with Crippen molar-refractivity contribution in [1.82, 2.24) is 9.97 Å². The van der Waals surface area contributed by atoms with Gasteiger partial charge in [-0.3, -0.25) is 0 Å².